The van der Waals surface area contributed by atoms with Gasteiger partial charge in [-0.3, -0.25) is 4.79 Å². The molecule has 5 nitrogen and oxygen atoms in total. The number of piperazine rings is 1. The van der Waals surface area contributed by atoms with E-state index in [-0.39, 0.29) is 18.0 Å². The summed E-state index contributed by atoms with van der Waals surface area (Å²) < 4.78 is 5.43. The van der Waals surface area contributed by atoms with Crippen molar-refractivity contribution in [3.63, 3.8) is 0 Å². The molecule has 2 rings (SSSR count). The van der Waals surface area contributed by atoms with Gasteiger partial charge in [-0.15, -0.1) is 0 Å². The number of nitrogens with one attached hydrogen (secondary N) is 1. The monoisotopic (exact) mass is 277 g/mol. The van der Waals surface area contributed by atoms with E-state index in [1.807, 2.05) is 32.0 Å². The Bertz CT molecular complexity index is 488. The summed E-state index contributed by atoms with van der Waals surface area (Å²) in [5.41, 5.74) is 8.07. The molecule has 1 amide bonds. The van der Waals surface area contributed by atoms with Gasteiger partial charge in [0.1, 0.15) is 11.8 Å². The number of methoxy groups -OCH3 is 1. The summed E-state index contributed by atoms with van der Waals surface area (Å²) in [5, 5.41) is 2.92. The first-order chi connectivity index (χ1) is 9.60. The largest absolute Gasteiger partial charge is 0.496 e. The fraction of sp³-hybridized carbons (Fsp3) is 0.533. The molecule has 0 saturated carbocycles. The molecular weight excluding hydrogens is 254 g/mol. The third-order valence-corrected chi connectivity index (χ3v) is 3.75. The number of anilines is 1. The Balaban J connectivity index is 2.47. The lowest BCUT2D eigenvalue weighted by Gasteiger charge is -2.38. The molecule has 0 spiro atoms. The van der Waals surface area contributed by atoms with Crippen LogP contribution < -0.4 is 20.7 Å². The van der Waals surface area contributed by atoms with Crippen LogP contribution in [-0.2, 0) is 4.79 Å². The zero-order valence-electron chi connectivity index (χ0n) is 12.3. The zero-order valence-corrected chi connectivity index (χ0v) is 12.3. The molecule has 1 aromatic carbocycles. The van der Waals surface area contributed by atoms with Crippen molar-refractivity contribution in [2.45, 2.75) is 32.4 Å². The minimum atomic E-state index is -0.149. The fourth-order valence-corrected chi connectivity index (χ4v) is 2.83. The van der Waals surface area contributed by atoms with Gasteiger partial charge in [0.15, 0.2) is 0 Å². The molecule has 1 saturated heterocycles. The Morgan fingerprint density at radius 2 is 2.30 bits per heavy atom. The Kier molecular flexibility index (Phi) is 4.49. The molecule has 1 aromatic rings. The first-order valence-electron chi connectivity index (χ1n) is 7.07. The number of ether oxygens (including phenoxy) is 1. The number of hydrogen-bond donors (Lipinski definition) is 2. The van der Waals surface area contributed by atoms with Gasteiger partial charge < -0.3 is 20.7 Å². The summed E-state index contributed by atoms with van der Waals surface area (Å²) in [7, 11) is 1.64. The number of carbonyl (C=O) groups is 1. The van der Waals surface area contributed by atoms with Gasteiger partial charge in [-0.25, -0.2) is 0 Å². The molecule has 2 atom stereocenters. The Morgan fingerprint density at radius 1 is 1.55 bits per heavy atom. The lowest BCUT2D eigenvalue weighted by Crippen LogP contribution is -2.55. The van der Waals surface area contributed by atoms with Crippen molar-refractivity contribution in [2.75, 3.05) is 25.1 Å². The summed E-state index contributed by atoms with van der Waals surface area (Å²) in [5.74, 6) is 0.857. The number of rotatable bonds is 4. The van der Waals surface area contributed by atoms with Crippen molar-refractivity contribution in [1.82, 2.24) is 5.32 Å². The fourth-order valence-electron chi connectivity index (χ4n) is 2.83. The van der Waals surface area contributed by atoms with Gasteiger partial charge in [0, 0.05) is 30.4 Å². The lowest BCUT2D eigenvalue weighted by molar-refractivity contribution is -0.123. The summed E-state index contributed by atoms with van der Waals surface area (Å²) in [6.07, 6.45) is 0.765. The van der Waals surface area contributed by atoms with E-state index in [0.717, 1.165) is 30.0 Å². The average molecular weight is 277 g/mol. The molecule has 1 unspecified atom stereocenters. The van der Waals surface area contributed by atoms with Crippen LogP contribution in [0.3, 0.4) is 0 Å². The summed E-state index contributed by atoms with van der Waals surface area (Å²) in [6, 6.07) is 5.58. The molecule has 0 aliphatic carbocycles. The number of benzene rings is 1. The van der Waals surface area contributed by atoms with Crippen molar-refractivity contribution < 1.29 is 9.53 Å². The Hall–Kier alpha value is -1.75. The second-order valence-electron chi connectivity index (χ2n) is 5.09. The highest BCUT2D eigenvalue weighted by atomic mass is 16.5. The van der Waals surface area contributed by atoms with Crippen LogP contribution in [0, 0.1) is 0 Å². The minimum absolute atomic E-state index is 0.0807. The first kappa shape index (κ1) is 14.7. The SMILES string of the molecule is CCC1C(=O)NCCN1c1cccc(OC)c1[C@H](C)N. The molecule has 20 heavy (non-hydrogen) atoms. The van der Waals surface area contributed by atoms with Gasteiger partial charge >= 0.3 is 0 Å². The predicted octanol–water partition coefficient (Wildman–Crippen LogP) is 1.43. The van der Waals surface area contributed by atoms with Crippen LogP contribution in [0.4, 0.5) is 5.69 Å². The highest BCUT2D eigenvalue weighted by molar-refractivity contribution is 5.87. The normalized spacial score (nSPS) is 20.5. The smallest absolute Gasteiger partial charge is 0.242 e. The van der Waals surface area contributed by atoms with E-state index in [2.05, 4.69) is 10.2 Å². The summed E-state index contributed by atoms with van der Waals surface area (Å²) in [6.45, 7) is 5.41. The van der Waals surface area contributed by atoms with Crippen molar-refractivity contribution in [3.05, 3.63) is 23.8 Å². The molecular formula is C15H23N3O2. The molecule has 110 valence electrons. The van der Waals surface area contributed by atoms with Crippen LogP contribution >= 0.6 is 0 Å². The molecule has 1 aliphatic heterocycles. The number of hydrogen-bond acceptors (Lipinski definition) is 4. The van der Waals surface area contributed by atoms with Crippen LogP contribution in [0.5, 0.6) is 5.75 Å². The Labute approximate surface area is 120 Å². The maximum Gasteiger partial charge on any atom is 0.242 e. The maximum absolute atomic E-state index is 12.0. The second-order valence-corrected chi connectivity index (χ2v) is 5.09. The summed E-state index contributed by atoms with van der Waals surface area (Å²) in [4.78, 5) is 14.2. The molecule has 0 bridgehead atoms. The number of amides is 1. The Morgan fingerprint density at radius 3 is 2.90 bits per heavy atom. The average Bonchev–Trinajstić information content (AvgIpc) is 2.45. The standard InChI is InChI=1S/C15H23N3O2/c1-4-11-15(19)17-8-9-18(11)12-6-5-7-13(20-3)14(12)10(2)16/h5-7,10-11H,4,8-9,16H2,1-3H3,(H,17,19)/t10-,11?/m0/s1. The molecule has 1 heterocycles. The molecule has 0 aromatic heterocycles. The van der Waals surface area contributed by atoms with E-state index in [1.165, 1.54) is 0 Å². The molecule has 5 heteroatoms. The predicted molar refractivity (Wildman–Crippen MR) is 80.0 cm³/mol. The molecule has 0 radical (unpaired) electrons. The van der Waals surface area contributed by atoms with E-state index in [9.17, 15) is 4.79 Å². The van der Waals surface area contributed by atoms with Crippen LogP contribution in [0.1, 0.15) is 31.9 Å². The molecule has 3 N–H and O–H groups in total. The van der Waals surface area contributed by atoms with Crippen molar-refractivity contribution in [1.29, 1.82) is 0 Å². The van der Waals surface area contributed by atoms with E-state index in [4.69, 9.17) is 10.5 Å². The van der Waals surface area contributed by atoms with Crippen molar-refractivity contribution in [3.8, 4) is 5.75 Å². The summed E-state index contributed by atoms with van der Waals surface area (Å²) >= 11 is 0. The highest BCUT2D eigenvalue weighted by Gasteiger charge is 2.30. The molecule has 1 aliphatic rings. The van der Waals surface area contributed by atoms with E-state index in [1.54, 1.807) is 7.11 Å². The van der Waals surface area contributed by atoms with Gasteiger partial charge in [-0.1, -0.05) is 13.0 Å². The van der Waals surface area contributed by atoms with Crippen molar-refractivity contribution >= 4 is 11.6 Å². The third-order valence-electron chi connectivity index (χ3n) is 3.75. The number of nitrogens with zero attached hydrogens (tertiary/aromatic N) is 1. The van der Waals surface area contributed by atoms with Crippen molar-refractivity contribution in [2.24, 2.45) is 5.73 Å². The lowest BCUT2D eigenvalue weighted by atomic mass is 10.0. The topological polar surface area (TPSA) is 67.6 Å². The van der Waals surface area contributed by atoms with Crippen LogP contribution in [0.25, 0.3) is 0 Å². The van der Waals surface area contributed by atoms with Crippen LogP contribution in [0.2, 0.25) is 0 Å². The maximum atomic E-state index is 12.0. The quantitative estimate of drug-likeness (QED) is 0.873. The van der Waals surface area contributed by atoms with Gasteiger partial charge in [0.25, 0.3) is 0 Å². The second kappa shape index (κ2) is 6.13. The van der Waals surface area contributed by atoms with E-state index in [0.29, 0.717) is 6.54 Å². The number of nitrogens with two attached hydrogens (primary N) is 1. The van der Waals surface area contributed by atoms with E-state index < -0.39 is 0 Å². The van der Waals surface area contributed by atoms with Crippen LogP contribution in [0.15, 0.2) is 18.2 Å². The third kappa shape index (κ3) is 2.58. The molecule has 1 fully saturated rings. The van der Waals surface area contributed by atoms with Gasteiger partial charge in [0.05, 0.1) is 7.11 Å². The van der Waals surface area contributed by atoms with E-state index >= 15 is 0 Å². The highest BCUT2D eigenvalue weighted by Crippen LogP contribution is 2.35. The number of carbonyl (C=O) groups excluding carboxylic acids is 1. The van der Waals surface area contributed by atoms with Gasteiger partial charge in [-0.2, -0.15) is 0 Å². The van der Waals surface area contributed by atoms with Gasteiger partial charge in [-0.05, 0) is 25.5 Å². The minimum Gasteiger partial charge on any atom is -0.496 e. The van der Waals surface area contributed by atoms with Crippen LogP contribution in [-0.4, -0.2) is 32.1 Å². The zero-order chi connectivity index (χ0) is 14.7. The van der Waals surface area contributed by atoms with Gasteiger partial charge in [0.2, 0.25) is 5.91 Å². The first-order valence-corrected chi connectivity index (χ1v) is 7.07.